The van der Waals surface area contributed by atoms with E-state index in [1.54, 1.807) is 0 Å². The molecule has 0 heterocycles. The Hall–Kier alpha value is -0.500. The highest BCUT2D eigenvalue weighted by Gasteiger charge is 2.19. The molecule has 0 amide bonds. The predicted molar refractivity (Wildman–Crippen MR) is 92.4 cm³/mol. The van der Waals surface area contributed by atoms with E-state index in [-0.39, 0.29) is 4.83 Å². The quantitative estimate of drug-likeness (QED) is 0.531. The van der Waals surface area contributed by atoms with Crippen molar-refractivity contribution in [1.29, 1.82) is 0 Å². The highest BCUT2D eigenvalue weighted by atomic mass is 79.9. The van der Waals surface area contributed by atoms with E-state index in [2.05, 4.69) is 48.0 Å². The largest absolute Gasteiger partial charge is 0.0839 e. The van der Waals surface area contributed by atoms with Crippen LogP contribution in [0.2, 0.25) is 10.0 Å². The number of aryl methyl sites for hydroxylation is 2. The Kier molecular flexibility index (Phi) is 5.54. The van der Waals surface area contributed by atoms with Crippen LogP contribution in [0.4, 0.5) is 0 Å². The van der Waals surface area contributed by atoms with E-state index in [1.807, 2.05) is 18.2 Å². The zero-order valence-corrected chi connectivity index (χ0v) is 14.7. The Balaban J connectivity index is 2.55. The topological polar surface area (TPSA) is 0 Å². The first kappa shape index (κ1) is 15.9. The molecule has 0 spiro atoms. The number of rotatable bonds is 4. The molecule has 0 fully saturated rings. The summed E-state index contributed by atoms with van der Waals surface area (Å²) in [7, 11) is 0. The third-order valence-corrected chi connectivity index (χ3v) is 5.14. The van der Waals surface area contributed by atoms with Crippen molar-refractivity contribution in [2.45, 2.75) is 31.5 Å². The molecule has 0 N–H and O–H groups in total. The van der Waals surface area contributed by atoms with Crippen LogP contribution < -0.4 is 0 Å². The van der Waals surface area contributed by atoms with E-state index in [0.29, 0.717) is 10.0 Å². The van der Waals surface area contributed by atoms with E-state index in [4.69, 9.17) is 23.2 Å². The lowest BCUT2D eigenvalue weighted by Crippen LogP contribution is -2.01. The maximum atomic E-state index is 6.33. The van der Waals surface area contributed by atoms with E-state index in [0.717, 1.165) is 18.4 Å². The van der Waals surface area contributed by atoms with Crippen molar-refractivity contribution in [1.82, 2.24) is 0 Å². The third kappa shape index (κ3) is 3.21. The fourth-order valence-corrected chi connectivity index (χ4v) is 4.13. The zero-order valence-electron chi connectivity index (χ0n) is 11.6. The summed E-state index contributed by atoms with van der Waals surface area (Å²) in [6.45, 7) is 4.33. The van der Waals surface area contributed by atoms with Crippen LogP contribution in [0.25, 0.3) is 0 Å². The highest BCUT2D eigenvalue weighted by Crippen LogP contribution is 2.41. The van der Waals surface area contributed by atoms with E-state index < -0.39 is 0 Å². The molecule has 0 nitrogen and oxygen atoms in total. The molecule has 0 aliphatic heterocycles. The molecule has 106 valence electrons. The van der Waals surface area contributed by atoms with Crippen molar-refractivity contribution >= 4 is 39.1 Å². The lowest BCUT2D eigenvalue weighted by Gasteiger charge is -2.18. The van der Waals surface area contributed by atoms with Crippen LogP contribution in [0.1, 0.15) is 40.9 Å². The summed E-state index contributed by atoms with van der Waals surface area (Å²) in [4.78, 5) is 0.0187. The minimum absolute atomic E-state index is 0.0187. The normalized spacial score (nSPS) is 12.4. The number of hydrogen-bond donors (Lipinski definition) is 0. The van der Waals surface area contributed by atoms with Gasteiger partial charge in [-0.2, -0.15) is 0 Å². The molecule has 2 aromatic rings. The molecule has 0 aliphatic rings. The maximum Gasteiger partial charge on any atom is 0.0676 e. The molecule has 0 saturated carbocycles. The summed E-state index contributed by atoms with van der Waals surface area (Å²) in [5, 5.41) is 1.40. The average Bonchev–Trinajstić information content (AvgIpc) is 2.46. The van der Waals surface area contributed by atoms with Crippen LogP contribution in [0.3, 0.4) is 0 Å². The summed E-state index contributed by atoms with van der Waals surface area (Å²) >= 11 is 16.4. The number of halogens is 3. The van der Waals surface area contributed by atoms with Gasteiger partial charge in [-0.3, -0.25) is 0 Å². The molecule has 0 bridgehead atoms. The monoisotopic (exact) mass is 370 g/mol. The van der Waals surface area contributed by atoms with Crippen LogP contribution in [0.15, 0.2) is 36.4 Å². The van der Waals surface area contributed by atoms with Crippen LogP contribution in [-0.4, -0.2) is 0 Å². The van der Waals surface area contributed by atoms with Gasteiger partial charge in [0.25, 0.3) is 0 Å². The van der Waals surface area contributed by atoms with Crippen molar-refractivity contribution in [3.63, 3.8) is 0 Å². The smallest absolute Gasteiger partial charge is 0.0676 e. The predicted octanol–water partition coefficient (Wildman–Crippen LogP) is 6.60. The Labute approximate surface area is 139 Å². The summed E-state index contributed by atoms with van der Waals surface area (Å²) in [6, 6.07) is 12.3. The average molecular weight is 372 g/mol. The second-order valence-corrected chi connectivity index (χ2v) is 6.47. The van der Waals surface area contributed by atoms with Gasteiger partial charge in [0.1, 0.15) is 0 Å². The molecule has 2 aromatic carbocycles. The molecular formula is C17H17BrCl2. The van der Waals surface area contributed by atoms with E-state index >= 15 is 0 Å². The van der Waals surface area contributed by atoms with Crippen molar-refractivity contribution in [3.8, 4) is 0 Å². The molecule has 0 radical (unpaired) electrons. The van der Waals surface area contributed by atoms with Crippen LogP contribution in [-0.2, 0) is 12.8 Å². The van der Waals surface area contributed by atoms with E-state index in [9.17, 15) is 0 Å². The van der Waals surface area contributed by atoms with Crippen molar-refractivity contribution in [3.05, 3.63) is 68.7 Å². The van der Waals surface area contributed by atoms with Crippen LogP contribution in [0, 0.1) is 0 Å². The Bertz CT molecular complexity index is 588. The van der Waals surface area contributed by atoms with Crippen LogP contribution in [0.5, 0.6) is 0 Å². The first-order chi connectivity index (χ1) is 9.58. The molecular weight excluding hydrogens is 355 g/mol. The Morgan fingerprint density at radius 1 is 1.00 bits per heavy atom. The second-order valence-electron chi connectivity index (χ2n) is 4.74. The molecule has 1 atom stereocenters. The Morgan fingerprint density at radius 2 is 1.65 bits per heavy atom. The lowest BCUT2D eigenvalue weighted by atomic mass is 9.95. The standard InChI is InChI=1S/C17H17BrCl2/c1-3-11-8-9-12(4-2)13(10-11)17(18)16-14(19)6-5-7-15(16)20/h5-10,17H,3-4H2,1-2H3. The minimum atomic E-state index is 0.0187. The zero-order chi connectivity index (χ0) is 14.7. The number of alkyl halides is 1. The maximum absolute atomic E-state index is 6.33. The number of hydrogen-bond acceptors (Lipinski definition) is 0. The van der Waals surface area contributed by atoms with Gasteiger partial charge in [0.2, 0.25) is 0 Å². The van der Waals surface area contributed by atoms with E-state index in [1.165, 1.54) is 16.7 Å². The van der Waals surface area contributed by atoms with Gasteiger partial charge >= 0.3 is 0 Å². The number of benzene rings is 2. The first-order valence-electron chi connectivity index (χ1n) is 6.78. The fraction of sp³-hybridized carbons (Fsp3) is 0.294. The van der Waals surface area contributed by atoms with Crippen molar-refractivity contribution in [2.24, 2.45) is 0 Å². The molecule has 2 rings (SSSR count). The van der Waals surface area contributed by atoms with Gasteiger partial charge in [0.15, 0.2) is 0 Å². The Morgan fingerprint density at radius 3 is 2.20 bits per heavy atom. The van der Waals surface area contributed by atoms with Crippen LogP contribution >= 0.6 is 39.1 Å². The lowest BCUT2D eigenvalue weighted by molar-refractivity contribution is 1.03. The minimum Gasteiger partial charge on any atom is -0.0839 e. The van der Waals surface area contributed by atoms with Gasteiger partial charge in [-0.25, -0.2) is 0 Å². The SMILES string of the molecule is CCc1ccc(CC)c(C(Br)c2c(Cl)cccc2Cl)c1. The molecule has 1 unspecified atom stereocenters. The van der Waals surface area contributed by atoms with Gasteiger partial charge in [0.05, 0.1) is 4.83 Å². The second kappa shape index (κ2) is 6.98. The fourth-order valence-electron chi connectivity index (χ4n) is 2.33. The molecule has 3 heteroatoms. The van der Waals surface area contributed by atoms with Crippen molar-refractivity contribution < 1.29 is 0 Å². The molecule has 20 heavy (non-hydrogen) atoms. The van der Waals surface area contributed by atoms with Gasteiger partial charge in [-0.1, -0.05) is 77.2 Å². The third-order valence-electron chi connectivity index (χ3n) is 3.53. The molecule has 0 aromatic heterocycles. The van der Waals surface area contributed by atoms with Gasteiger partial charge in [-0.05, 0) is 41.7 Å². The van der Waals surface area contributed by atoms with Gasteiger partial charge in [0, 0.05) is 15.6 Å². The summed E-state index contributed by atoms with van der Waals surface area (Å²) in [6.07, 6.45) is 2.01. The van der Waals surface area contributed by atoms with Crippen molar-refractivity contribution in [2.75, 3.05) is 0 Å². The summed E-state index contributed by atoms with van der Waals surface area (Å²) in [5.41, 5.74) is 4.84. The van der Waals surface area contributed by atoms with Gasteiger partial charge in [-0.15, -0.1) is 0 Å². The summed E-state index contributed by atoms with van der Waals surface area (Å²) in [5.74, 6) is 0. The highest BCUT2D eigenvalue weighted by molar-refractivity contribution is 9.09. The molecule has 0 saturated heterocycles. The van der Waals surface area contributed by atoms with Gasteiger partial charge < -0.3 is 0 Å². The summed E-state index contributed by atoms with van der Waals surface area (Å²) < 4.78 is 0. The first-order valence-corrected chi connectivity index (χ1v) is 8.45. The molecule has 0 aliphatic carbocycles.